The number of alkyl halides is 3. The van der Waals surface area contributed by atoms with Crippen LogP contribution in [0.4, 0.5) is 13.2 Å². The van der Waals surface area contributed by atoms with Crippen molar-refractivity contribution in [2.45, 2.75) is 19.5 Å². The molecule has 0 atom stereocenters. The van der Waals surface area contributed by atoms with Gasteiger partial charge in [-0.2, -0.15) is 13.2 Å². The lowest BCUT2D eigenvalue weighted by atomic mass is 10.2. The molecule has 0 bridgehead atoms. The number of carbonyl (C=O) groups is 1. The van der Waals surface area contributed by atoms with Gasteiger partial charge in [-0.25, -0.2) is 4.79 Å². The van der Waals surface area contributed by atoms with Crippen molar-refractivity contribution in [2.75, 3.05) is 6.61 Å². The molecule has 0 aliphatic carbocycles. The molecule has 0 saturated carbocycles. The summed E-state index contributed by atoms with van der Waals surface area (Å²) in [5, 5.41) is 0. The highest BCUT2D eigenvalue weighted by Gasteiger charge is 2.32. The van der Waals surface area contributed by atoms with Gasteiger partial charge in [0.05, 0.1) is 6.61 Å². The largest absolute Gasteiger partial charge is 0.462 e. The summed E-state index contributed by atoms with van der Waals surface area (Å²) in [5.41, 5.74) is -2.75. The summed E-state index contributed by atoms with van der Waals surface area (Å²) in [5.74, 6) is -0.929. The first-order valence-electron chi connectivity index (χ1n) is 4.84. The van der Waals surface area contributed by atoms with Gasteiger partial charge in [0.1, 0.15) is 11.3 Å². The molecule has 0 aromatic carbocycles. The number of pyridine rings is 1. The minimum absolute atomic E-state index is 0.110. The molecule has 0 radical (unpaired) electrons. The second kappa shape index (κ2) is 5.03. The van der Waals surface area contributed by atoms with Crippen LogP contribution in [-0.2, 0) is 10.9 Å². The van der Waals surface area contributed by atoms with E-state index in [1.54, 1.807) is 11.9 Å². The van der Waals surface area contributed by atoms with E-state index in [4.69, 9.17) is 0 Å². The fourth-order valence-electron chi connectivity index (χ4n) is 1.07. The molecule has 0 aliphatic rings. The Balaban J connectivity index is 2.99. The van der Waals surface area contributed by atoms with E-state index in [9.17, 15) is 22.8 Å². The number of ether oxygens (including phenoxy) is 1. The zero-order valence-corrected chi connectivity index (χ0v) is 8.93. The van der Waals surface area contributed by atoms with E-state index < -0.39 is 29.0 Å². The van der Waals surface area contributed by atoms with Gasteiger partial charge in [-0.15, -0.1) is 0 Å². The van der Waals surface area contributed by atoms with E-state index in [1.165, 1.54) is 0 Å². The average molecular weight is 249 g/mol. The molecule has 0 unspecified atom stereocenters. The van der Waals surface area contributed by atoms with Gasteiger partial charge in [-0.05, 0) is 18.6 Å². The van der Waals surface area contributed by atoms with Crippen molar-refractivity contribution >= 4 is 5.97 Å². The number of hydrogen-bond donors (Lipinski definition) is 1. The summed E-state index contributed by atoms with van der Waals surface area (Å²) in [6.07, 6.45) is -4.09. The van der Waals surface area contributed by atoms with Crippen LogP contribution in [0, 0.1) is 0 Å². The molecule has 1 aromatic heterocycles. The predicted molar refractivity (Wildman–Crippen MR) is 52.6 cm³/mol. The van der Waals surface area contributed by atoms with Gasteiger partial charge in [0.15, 0.2) is 0 Å². The van der Waals surface area contributed by atoms with Gasteiger partial charge in [-0.3, -0.25) is 4.79 Å². The van der Waals surface area contributed by atoms with Crippen LogP contribution < -0.4 is 5.56 Å². The Kier molecular flexibility index (Phi) is 3.93. The summed E-state index contributed by atoms with van der Waals surface area (Å²) in [7, 11) is 0. The lowest BCUT2D eigenvalue weighted by molar-refractivity contribution is -0.141. The van der Waals surface area contributed by atoms with E-state index in [2.05, 4.69) is 4.74 Å². The minimum Gasteiger partial charge on any atom is -0.462 e. The van der Waals surface area contributed by atoms with Crippen molar-refractivity contribution in [1.82, 2.24) is 4.98 Å². The van der Waals surface area contributed by atoms with Crippen LogP contribution in [0.1, 0.15) is 29.4 Å². The van der Waals surface area contributed by atoms with Gasteiger partial charge < -0.3 is 9.72 Å². The molecule has 0 saturated heterocycles. The van der Waals surface area contributed by atoms with Gasteiger partial charge in [-0.1, -0.05) is 6.92 Å². The van der Waals surface area contributed by atoms with Crippen LogP contribution in [0.15, 0.2) is 16.9 Å². The average Bonchev–Trinajstić information content (AvgIpc) is 2.24. The molecule has 4 nitrogen and oxygen atoms in total. The van der Waals surface area contributed by atoms with E-state index in [0.717, 1.165) is 6.07 Å². The molecule has 0 spiro atoms. The lowest BCUT2D eigenvalue weighted by Gasteiger charge is -2.07. The second-order valence-corrected chi connectivity index (χ2v) is 3.25. The van der Waals surface area contributed by atoms with E-state index >= 15 is 0 Å². The molecular formula is C10H10F3NO3. The maximum Gasteiger partial charge on any atom is 0.431 e. The first-order chi connectivity index (χ1) is 7.86. The van der Waals surface area contributed by atoms with Crippen molar-refractivity contribution in [3.63, 3.8) is 0 Å². The molecule has 7 heteroatoms. The van der Waals surface area contributed by atoms with Crippen LogP contribution in [-0.4, -0.2) is 17.6 Å². The minimum atomic E-state index is -4.65. The number of nitrogens with one attached hydrogen (secondary N) is 1. The first kappa shape index (κ1) is 13.3. The first-order valence-corrected chi connectivity index (χ1v) is 4.84. The second-order valence-electron chi connectivity index (χ2n) is 3.25. The summed E-state index contributed by atoms with van der Waals surface area (Å²) in [6.45, 7) is 1.86. The third kappa shape index (κ3) is 3.33. The van der Waals surface area contributed by atoms with Gasteiger partial charge >= 0.3 is 12.1 Å². The molecule has 1 aromatic rings. The fourth-order valence-corrected chi connectivity index (χ4v) is 1.07. The van der Waals surface area contributed by atoms with E-state index in [-0.39, 0.29) is 6.61 Å². The molecule has 0 fully saturated rings. The highest BCUT2D eigenvalue weighted by molar-refractivity contribution is 5.88. The number of aromatic nitrogens is 1. The summed E-state index contributed by atoms with van der Waals surface area (Å²) >= 11 is 0. The number of esters is 1. The normalized spacial score (nSPS) is 11.3. The van der Waals surface area contributed by atoms with Crippen LogP contribution in [0.25, 0.3) is 0 Å². The van der Waals surface area contributed by atoms with Crippen LogP contribution in [0.5, 0.6) is 0 Å². The third-order valence-corrected chi connectivity index (χ3v) is 1.87. The standard InChI is InChI=1S/C10H10F3NO3/c1-2-5-17-9(16)6-3-4-7(10(11,12)13)14-8(6)15/h3-4H,2,5H2,1H3,(H,14,15). The van der Waals surface area contributed by atoms with Crippen LogP contribution in [0.3, 0.4) is 0 Å². The molecule has 1 N–H and O–H groups in total. The van der Waals surface area contributed by atoms with Gasteiger partial charge in [0, 0.05) is 0 Å². The lowest BCUT2D eigenvalue weighted by Crippen LogP contribution is -2.23. The Morgan fingerprint density at radius 3 is 2.53 bits per heavy atom. The Morgan fingerprint density at radius 2 is 2.06 bits per heavy atom. The Hall–Kier alpha value is -1.79. The van der Waals surface area contributed by atoms with Crippen molar-refractivity contribution in [1.29, 1.82) is 0 Å². The molecule has 1 heterocycles. The Labute approximate surface area is 94.4 Å². The third-order valence-electron chi connectivity index (χ3n) is 1.87. The molecule has 17 heavy (non-hydrogen) atoms. The van der Waals surface area contributed by atoms with E-state index in [0.29, 0.717) is 12.5 Å². The van der Waals surface area contributed by atoms with Crippen LogP contribution >= 0.6 is 0 Å². The quantitative estimate of drug-likeness (QED) is 0.833. The summed E-state index contributed by atoms with van der Waals surface area (Å²) in [4.78, 5) is 24.1. The zero-order chi connectivity index (χ0) is 13.1. The van der Waals surface area contributed by atoms with Crippen molar-refractivity contribution < 1.29 is 22.7 Å². The molecule has 0 aliphatic heterocycles. The maximum atomic E-state index is 12.2. The highest BCUT2D eigenvalue weighted by atomic mass is 19.4. The topological polar surface area (TPSA) is 59.2 Å². The van der Waals surface area contributed by atoms with Gasteiger partial charge in [0.25, 0.3) is 5.56 Å². The molecule has 1 rings (SSSR count). The van der Waals surface area contributed by atoms with Gasteiger partial charge in [0.2, 0.25) is 0 Å². The van der Waals surface area contributed by atoms with Crippen molar-refractivity contribution in [3.8, 4) is 0 Å². The van der Waals surface area contributed by atoms with E-state index in [1.807, 2.05) is 0 Å². The zero-order valence-electron chi connectivity index (χ0n) is 8.93. The number of aromatic amines is 1. The number of H-pyrrole nitrogens is 1. The van der Waals surface area contributed by atoms with Crippen molar-refractivity contribution in [3.05, 3.63) is 33.7 Å². The number of carbonyl (C=O) groups excluding carboxylic acids is 1. The Morgan fingerprint density at radius 1 is 1.41 bits per heavy atom. The number of halogens is 3. The molecule has 94 valence electrons. The smallest absolute Gasteiger partial charge is 0.431 e. The molecule has 0 amide bonds. The summed E-state index contributed by atoms with van der Waals surface area (Å²) in [6, 6.07) is 1.43. The Bertz CT molecular complexity index is 465. The number of rotatable bonds is 3. The predicted octanol–water partition coefficient (Wildman–Crippen LogP) is 1.96. The SMILES string of the molecule is CCCOC(=O)c1ccc(C(F)(F)F)[nH]c1=O. The monoisotopic (exact) mass is 249 g/mol. The number of hydrogen-bond acceptors (Lipinski definition) is 3. The van der Waals surface area contributed by atoms with Crippen molar-refractivity contribution in [2.24, 2.45) is 0 Å². The fraction of sp³-hybridized carbons (Fsp3) is 0.400. The molecular weight excluding hydrogens is 239 g/mol. The maximum absolute atomic E-state index is 12.2. The van der Waals surface area contributed by atoms with Crippen LogP contribution in [0.2, 0.25) is 0 Å². The highest BCUT2D eigenvalue weighted by Crippen LogP contribution is 2.26. The summed E-state index contributed by atoms with van der Waals surface area (Å²) < 4.78 is 41.3.